The molecule has 0 saturated heterocycles. The fraction of sp³-hybridized carbons (Fsp3) is 0.188. The number of halogens is 1. The predicted octanol–water partition coefficient (Wildman–Crippen LogP) is 3.59. The van der Waals surface area contributed by atoms with E-state index in [1.807, 2.05) is 25.1 Å². The summed E-state index contributed by atoms with van der Waals surface area (Å²) >= 11 is 11.3. The number of aromatic hydroxyl groups is 2. The van der Waals surface area contributed by atoms with E-state index >= 15 is 0 Å². The fourth-order valence-corrected chi connectivity index (χ4v) is 2.29. The molecule has 4 N–H and O–H groups in total. The van der Waals surface area contributed by atoms with Crippen molar-refractivity contribution >= 4 is 34.6 Å². The Bertz CT molecular complexity index is 692. The van der Waals surface area contributed by atoms with Gasteiger partial charge in [0, 0.05) is 17.3 Å². The van der Waals surface area contributed by atoms with Gasteiger partial charge < -0.3 is 20.8 Å². The maximum atomic E-state index is 9.43. The van der Waals surface area contributed by atoms with E-state index in [-0.39, 0.29) is 11.5 Å². The first-order chi connectivity index (χ1) is 10.5. The third-order valence-electron chi connectivity index (χ3n) is 3.17. The Morgan fingerprint density at radius 2 is 1.91 bits per heavy atom. The van der Waals surface area contributed by atoms with Crippen LogP contribution < -0.4 is 10.6 Å². The van der Waals surface area contributed by atoms with E-state index in [0.717, 1.165) is 16.8 Å². The molecule has 2 rings (SSSR count). The summed E-state index contributed by atoms with van der Waals surface area (Å²) in [5.74, 6) is -0.238. The van der Waals surface area contributed by atoms with Gasteiger partial charge >= 0.3 is 0 Å². The molecule has 116 valence electrons. The van der Waals surface area contributed by atoms with Crippen molar-refractivity contribution in [3.63, 3.8) is 0 Å². The molecule has 0 aromatic heterocycles. The molecule has 0 unspecified atom stereocenters. The number of phenolic OH excluding ortho intramolecular Hbond substituents is 2. The maximum absolute atomic E-state index is 9.43. The van der Waals surface area contributed by atoms with Crippen molar-refractivity contribution in [3.05, 3.63) is 52.5 Å². The lowest BCUT2D eigenvalue weighted by atomic mass is 10.1. The van der Waals surface area contributed by atoms with Crippen molar-refractivity contribution in [1.82, 2.24) is 5.32 Å². The van der Waals surface area contributed by atoms with Crippen LogP contribution in [0, 0.1) is 6.92 Å². The smallest absolute Gasteiger partial charge is 0.170 e. The standard InChI is InChI=1S/C16H17ClN2O2S/c1-10-2-4-12(9-13(10)17)19-16(22)18-7-6-11-3-5-14(20)15(21)8-11/h2-5,8-9,20-21H,6-7H2,1H3,(H2,18,19,22). The van der Waals surface area contributed by atoms with Gasteiger partial charge in [-0.25, -0.2) is 0 Å². The first-order valence-electron chi connectivity index (χ1n) is 6.77. The zero-order valence-corrected chi connectivity index (χ0v) is 13.6. The maximum Gasteiger partial charge on any atom is 0.170 e. The number of thiocarbonyl (C=S) groups is 1. The van der Waals surface area contributed by atoms with Crippen molar-refractivity contribution in [2.45, 2.75) is 13.3 Å². The Balaban J connectivity index is 1.82. The molecule has 0 aliphatic heterocycles. The van der Waals surface area contributed by atoms with Gasteiger partial charge in [-0.05, 0) is 61.0 Å². The summed E-state index contributed by atoms with van der Waals surface area (Å²) < 4.78 is 0. The number of aryl methyl sites for hydroxylation is 1. The van der Waals surface area contributed by atoms with E-state index in [1.165, 1.54) is 12.1 Å². The molecule has 0 saturated carbocycles. The molecule has 6 heteroatoms. The second-order valence-electron chi connectivity index (χ2n) is 4.92. The number of benzene rings is 2. The molecule has 0 aliphatic rings. The number of hydrogen-bond acceptors (Lipinski definition) is 3. The molecule has 0 aliphatic carbocycles. The van der Waals surface area contributed by atoms with Gasteiger partial charge in [0.25, 0.3) is 0 Å². The summed E-state index contributed by atoms with van der Waals surface area (Å²) in [5.41, 5.74) is 2.75. The minimum absolute atomic E-state index is 0.118. The number of anilines is 1. The topological polar surface area (TPSA) is 64.5 Å². The van der Waals surface area contributed by atoms with Gasteiger partial charge in [-0.1, -0.05) is 23.7 Å². The molecule has 2 aromatic rings. The van der Waals surface area contributed by atoms with E-state index in [2.05, 4.69) is 10.6 Å². The molecule has 0 atom stereocenters. The van der Waals surface area contributed by atoms with Crippen LogP contribution in [-0.2, 0) is 6.42 Å². The van der Waals surface area contributed by atoms with Crippen LogP contribution >= 0.6 is 23.8 Å². The Labute approximate surface area is 139 Å². The Morgan fingerprint density at radius 1 is 1.14 bits per heavy atom. The average Bonchev–Trinajstić information content (AvgIpc) is 2.47. The normalized spacial score (nSPS) is 10.3. The third-order valence-corrected chi connectivity index (χ3v) is 3.82. The molecule has 22 heavy (non-hydrogen) atoms. The molecule has 0 heterocycles. The molecule has 4 nitrogen and oxygen atoms in total. The molecular weight excluding hydrogens is 320 g/mol. The molecule has 0 spiro atoms. The summed E-state index contributed by atoms with van der Waals surface area (Å²) in [6, 6.07) is 10.4. The predicted molar refractivity (Wildman–Crippen MR) is 93.9 cm³/mol. The van der Waals surface area contributed by atoms with Crippen LogP contribution in [0.5, 0.6) is 11.5 Å². The van der Waals surface area contributed by atoms with E-state index in [1.54, 1.807) is 6.07 Å². The van der Waals surface area contributed by atoms with Crippen LogP contribution in [0.4, 0.5) is 5.69 Å². The van der Waals surface area contributed by atoms with Crippen LogP contribution in [0.2, 0.25) is 5.02 Å². The monoisotopic (exact) mass is 336 g/mol. The SMILES string of the molecule is Cc1ccc(NC(=S)NCCc2ccc(O)c(O)c2)cc1Cl. The third kappa shape index (κ3) is 4.51. The van der Waals surface area contributed by atoms with Crippen LogP contribution in [0.15, 0.2) is 36.4 Å². The zero-order chi connectivity index (χ0) is 16.1. The Morgan fingerprint density at radius 3 is 2.59 bits per heavy atom. The molecule has 0 bridgehead atoms. The lowest BCUT2D eigenvalue weighted by Crippen LogP contribution is -2.30. The van der Waals surface area contributed by atoms with E-state index in [0.29, 0.717) is 23.1 Å². The molecule has 0 amide bonds. The fourth-order valence-electron chi connectivity index (χ4n) is 1.89. The second kappa shape index (κ2) is 7.33. The number of nitrogens with one attached hydrogen (secondary N) is 2. The van der Waals surface area contributed by atoms with Crippen molar-refractivity contribution in [2.24, 2.45) is 0 Å². The Kier molecular flexibility index (Phi) is 5.46. The quantitative estimate of drug-likeness (QED) is 0.507. The van der Waals surface area contributed by atoms with Gasteiger partial charge in [-0.3, -0.25) is 0 Å². The van der Waals surface area contributed by atoms with Crippen LogP contribution in [0.1, 0.15) is 11.1 Å². The van der Waals surface area contributed by atoms with Crippen LogP contribution in [0.3, 0.4) is 0 Å². The van der Waals surface area contributed by atoms with Crippen LogP contribution in [0.25, 0.3) is 0 Å². The highest BCUT2D eigenvalue weighted by Crippen LogP contribution is 2.24. The van der Waals surface area contributed by atoms with Crippen LogP contribution in [-0.4, -0.2) is 21.9 Å². The van der Waals surface area contributed by atoms with Gasteiger partial charge in [-0.2, -0.15) is 0 Å². The van der Waals surface area contributed by atoms with Gasteiger partial charge in [0.15, 0.2) is 16.6 Å². The molecular formula is C16H17ClN2O2S. The zero-order valence-electron chi connectivity index (χ0n) is 12.1. The highest BCUT2D eigenvalue weighted by atomic mass is 35.5. The highest BCUT2D eigenvalue weighted by Gasteiger charge is 2.03. The summed E-state index contributed by atoms with van der Waals surface area (Å²) in [4.78, 5) is 0. The van der Waals surface area contributed by atoms with Gasteiger partial charge in [0.2, 0.25) is 0 Å². The van der Waals surface area contributed by atoms with Gasteiger partial charge in [-0.15, -0.1) is 0 Å². The van der Waals surface area contributed by atoms with Crippen molar-refractivity contribution in [2.75, 3.05) is 11.9 Å². The minimum Gasteiger partial charge on any atom is -0.504 e. The van der Waals surface area contributed by atoms with Crippen molar-refractivity contribution in [1.29, 1.82) is 0 Å². The number of hydrogen-bond donors (Lipinski definition) is 4. The summed E-state index contributed by atoms with van der Waals surface area (Å²) in [6.45, 7) is 2.55. The summed E-state index contributed by atoms with van der Waals surface area (Å²) in [5, 5.41) is 26.0. The summed E-state index contributed by atoms with van der Waals surface area (Å²) in [6.07, 6.45) is 0.671. The number of phenols is 2. The molecule has 2 aromatic carbocycles. The highest BCUT2D eigenvalue weighted by molar-refractivity contribution is 7.80. The lowest BCUT2D eigenvalue weighted by molar-refractivity contribution is 0.403. The number of rotatable bonds is 4. The van der Waals surface area contributed by atoms with E-state index in [4.69, 9.17) is 23.8 Å². The molecule has 0 radical (unpaired) electrons. The second-order valence-corrected chi connectivity index (χ2v) is 5.73. The lowest BCUT2D eigenvalue weighted by Gasteiger charge is -2.11. The largest absolute Gasteiger partial charge is 0.504 e. The Hall–Kier alpha value is -1.98. The van der Waals surface area contributed by atoms with E-state index < -0.39 is 0 Å². The van der Waals surface area contributed by atoms with E-state index in [9.17, 15) is 10.2 Å². The van der Waals surface area contributed by atoms with Gasteiger partial charge in [0.05, 0.1) is 0 Å². The van der Waals surface area contributed by atoms with Crippen molar-refractivity contribution in [3.8, 4) is 11.5 Å². The first kappa shape index (κ1) is 16.4. The molecule has 0 fully saturated rings. The van der Waals surface area contributed by atoms with Gasteiger partial charge in [0.1, 0.15) is 0 Å². The summed E-state index contributed by atoms with van der Waals surface area (Å²) in [7, 11) is 0. The first-order valence-corrected chi connectivity index (χ1v) is 7.56. The van der Waals surface area contributed by atoms with Crippen molar-refractivity contribution < 1.29 is 10.2 Å². The average molecular weight is 337 g/mol. The minimum atomic E-state index is -0.120.